The molecule has 84 valence electrons. The zero-order chi connectivity index (χ0) is 11.5. The monoisotopic (exact) mass is 211 g/mol. The number of aliphatic imine (C=N–C) groups is 1. The normalized spacial score (nSPS) is 10.7. The third-order valence-electron chi connectivity index (χ3n) is 1.84. The van der Waals surface area contributed by atoms with Gasteiger partial charge in [-0.15, -0.1) is 0 Å². The van der Waals surface area contributed by atoms with Crippen LogP contribution in [-0.2, 0) is 14.3 Å². The van der Waals surface area contributed by atoms with E-state index in [1.165, 1.54) is 6.08 Å². The highest BCUT2D eigenvalue weighted by molar-refractivity contribution is 5.88. The van der Waals surface area contributed by atoms with Crippen molar-refractivity contribution < 1.29 is 14.3 Å². The second-order valence-corrected chi connectivity index (χ2v) is 3.03. The van der Waals surface area contributed by atoms with E-state index in [2.05, 4.69) is 4.99 Å². The molecule has 0 amide bonds. The lowest BCUT2D eigenvalue weighted by Gasteiger charge is -2.05. The van der Waals surface area contributed by atoms with Crippen molar-refractivity contribution in [1.82, 2.24) is 0 Å². The summed E-state index contributed by atoms with van der Waals surface area (Å²) >= 11 is 0. The molecule has 0 bridgehead atoms. The van der Waals surface area contributed by atoms with Crippen LogP contribution in [0, 0.1) is 0 Å². The van der Waals surface area contributed by atoms with Crippen molar-refractivity contribution in [3.8, 4) is 0 Å². The van der Waals surface area contributed by atoms with E-state index in [9.17, 15) is 9.59 Å². The highest BCUT2D eigenvalue weighted by Gasteiger charge is 2.07. The van der Waals surface area contributed by atoms with Crippen LogP contribution in [0.5, 0.6) is 0 Å². The van der Waals surface area contributed by atoms with E-state index in [-0.39, 0.29) is 5.97 Å². The smallest absolute Gasteiger partial charge is 0.333 e. The Morgan fingerprint density at radius 1 is 1.53 bits per heavy atom. The minimum Gasteiger partial charge on any atom is -0.462 e. The lowest BCUT2D eigenvalue weighted by atomic mass is 10.1. The van der Waals surface area contributed by atoms with E-state index < -0.39 is 0 Å². The summed E-state index contributed by atoms with van der Waals surface area (Å²) in [5.41, 5.74) is 0.705. The predicted molar refractivity (Wildman–Crippen MR) is 57.2 cm³/mol. The Labute approximate surface area is 90.0 Å². The Balaban J connectivity index is 3.76. The zero-order valence-electron chi connectivity index (χ0n) is 9.28. The summed E-state index contributed by atoms with van der Waals surface area (Å²) in [6, 6.07) is 0. The molecule has 0 radical (unpaired) electrons. The number of carbonyl (C=O) groups is 1. The second kappa shape index (κ2) is 9.16. The average molecular weight is 211 g/mol. The van der Waals surface area contributed by atoms with Crippen LogP contribution in [0.4, 0.5) is 0 Å². The zero-order valence-corrected chi connectivity index (χ0v) is 9.28. The predicted octanol–water partition coefficient (Wildman–Crippen LogP) is 2.00. The van der Waals surface area contributed by atoms with Gasteiger partial charge in [0.1, 0.15) is 0 Å². The maximum absolute atomic E-state index is 11.4. The molecule has 0 aromatic rings. The van der Waals surface area contributed by atoms with Crippen LogP contribution in [0.1, 0.15) is 33.1 Å². The highest BCUT2D eigenvalue weighted by Crippen LogP contribution is 2.06. The van der Waals surface area contributed by atoms with E-state index in [1.54, 1.807) is 6.08 Å². The van der Waals surface area contributed by atoms with Crippen molar-refractivity contribution in [2.45, 2.75) is 33.1 Å². The fourth-order valence-electron chi connectivity index (χ4n) is 1.08. The summed E-state index contributed by atoms with van der Waals surface area (Å²) < 4.78 is 5.00. The largest absolute Gasteiger partial charge is 0.462 e. The number of rotatable bonds is 7. The minimum absolute atomic E-state index is 0.269. The fraction of sp³-hybridized carbons (Fsp3) is 0.636. The van der Waals surface area contributed by atoms with Gasteiger partial charge in [-0.05, 0) is 13.3 Å². The van der Waals surface area contributed by atoms with Crippen molar-refractivity contribution in [3.63, 3.8) is 0 Å². The van der Waals surface area contributed by atoms with Crippen molar-refractivity contribution in [2.24, 2.45) is 4.99 Å². The number of allylic oxidation sites excluding steroid dienone is 1. The Morgan fingerprint density at radius 2 is 2.27 bits per heavy atom. The molecule has 0 aromatic heterocycles. The third-order valence-corrected chi connectivity index (χ3v) is 1.84. The number of hydrogen-bond donors (Lipinski definition) is 0. The highest BCUT2D eigenvalue weighted by atomic mass is 16.5. The number of isocyanates is 1. The van der Waals surface area contributed by atoms with Crippen LogP contribution in [0.25, 0.3) is 0 Å². The van der Waals surface area contributed by atoms with Gasteiger partial charge in [-0.2, -0.15) is 0 Å². The molecule has 0 saturated heterocycles. The molecule has 0 heterocycles. The maximum Gasteiger partial charge on any atom is 0.333 e. The van der Waals surface area contributed by atoms with Gasteiger partial charge >= 0.3 is 5.97 Å². The quantitative estimate of drug-likeness (QED) is 0.213. The van der Waals surface area contributed by atoms with Crippen LogP contribution in [0.2, 0.25) is 0 Å². The van der Waals surface area contributed by atoms with Gasteiger partial charge in [0.05, 0.1) is 13.2 Å². The number of carbonyl (C=O) groups excluding carboxylic acids is 2. The number of ether oxygens (including phenoxy) is 1. The van der Waals surface area contributed by atoms with E-state index >= 15 is 0 Å². The van der Waals surface area contributed by atoms with Gasteiger partial charge in [-0.1, -0.05) is 19.4 Å². The standard InChI is InChI=1S/C11H17NO3/c1-3-6-10(4-2)11(14)15-8-5-7-12-9-13/h4H,3,5-8H2,1-2H3. The van der Waals surface area contributed by atoms with E-state index in [1.807, 2.05) is 13.8 Å². The van der Waals surface area contributed by atoms with E-state index in [0.717, 1.165) is 12.8 Å². The van der Waals surface area contributed by atoms with Crippen molar-refractivity contribution in [1.29, 1.82) is 0 Å². The number of hydrogen-bond acceptors (Lipinski definition) is 4. The van der Waals surface area contributed by atoms with Gasteiger partial charge in [-0.3, -0.25) is 0 Å². The Kier molecular flexibility index (Phi) is 8.30. The minimum atomic E-state index is -0.269. The Bertz CT molecular complexity index is 265. The molecule has 0 aliphatic rings. The molecule has 4 heteroatoms. The number of esters is 1. The van der Waals surface area contributed by atoms with Crippen molar-refractivity contribution in [3.05, 3.63) is 11.6 Å². The van der Waals surface area contributed by atoms with Crippen LogP contribution in [-0.4, -0.2) is 25.2 Å². The maximum atomic E-state index is 11.4. The van der Waals surface area contributed by atoms with Crippen molar-refractivity contribution >= 4 is 12.0 Å². The summed E-state index contributed by atoms with van der Waals surface area (Å²) in [5.74, 6) is -0.269. The lowest BCUT2D eigenvalue weighted by molar-refractivity contribution is -0.139. The fourth-order valence-corrected chi connectivity index (χ4v) is 1.08. The summed E-state index contributed by atoms with van der Waals surface area (Å²) in [6.07, 6.45) is 5.42. The summed E-state index contributed by atoms with van der Waals surface area (Å²) in [6.45, 7) is 4.49. The molecule has 0 aliphatic carbocycles. The molecule has 0 saturated carbocycles. The van der Waals surface area contributed by atoms with Crippen LogP contribution in [0.15, 0.2) is 16.6 Å². The third kappa shape index (κ3) is 6.63. The molecule has 0 aromatic carbocycles. The molecule has 0 atom stereocenters. The van der Waals surface area contributed by atoms with Crippen LogP contribution < -0.4 is 0 Å². The molecule has 4 nitrogen and oxygen atoms in total. The molecule has 0 aliphatic heterocycles. The summed E-state index contributed by atoms with van der Waals surface area (Å²) in [4.78, 5) is 24.5. The molecule has 0 spiro atoms. The molecule has 0 rings (SSSR count). The first-order valence-corrected chi connectivity index (χ1v) is 5.12. The topological polar surface area (TPSA) is 55.7 Å². The molecule has 0 unspecified atom stereocenters. The molecule has 15 heavy (non-hydrogen) atoms. The first kappa shape index (κ1) is 13.6. The first-order valence-electron chi connectivity index (χ1n) is 5.12. The van der Waals surface area contributed by atoms with Gasteiger partial charge in [-0.25, -0.2) is 14.6 Å². The SMILES string of the molecule is CC=C(CCC)C(=O)OCCCN=C=O. The number of nitrogens with zero attached hydrogens (tertiary/aromatic N) is 1. The summed E-state index contributed by atoms with van der Waals surface area (Å²) in [5, 5.41) is 0. The van der Waals surface area contributed by atoms with E-state index in [0.29, 0.717) is 25.1 Å². The molecule has 0 fully saturated rings. The summed E-state index contributed by atoms with van der Waals surface area (Å²) in [7, 11) is 0. The van der Waals surface area contributed by atoms with Gasteiger partial charge in [0.25, 0.3) is 0 Å². The Morgan fingerprint density at radius 3 is 2.80 bits per heavy atom. The van der Waals surface area contributed by atoms with Crippen LogP contribution >= 0.6 is 0 Å². The molecular weight excluding hydrogens is 194 g/mol. The van der Waals surface area contributed by atoms with Gasteiger partial charge in [0.2, 0.25) is 6.08 Å². The van der Waals surface area contributed by atoms with Gasteiger partial charge in [0, 0.05) is 12.0 Å². The first-order chi connectivity index (χ1) is 7.26. The average Bonchev–Trinajstić information content (AvgIpc) is 2.25. The van der Waals surface area contributed by atoms with Crippen LogP contribution in [0.3, 0.4) is 0 Å². The van der Waals surface area contributed by atoms with Crippen molar-refractivity contribution in [2.75, 3.05) is 13.2 Å². The second-order valence-electron chi connectivity index (χ2n) is 3.03. The molecule has 0 N–H and O–H groups in total. The van der Waals surface area contributed by atoms with Gasteiger partial charge < -0.3 is 4.74 Å². The van der Waals surface area contributed by atoms with E-state index in [4.69, 9.17) is 4.74 Å². The lowest BCUT2D eigenvalue weighted by Crippen LogP contribution is -2.09. The van der Waals surface area contributed by atoms with Gasteiger partial charge in [0.15, 0.2) is 0 Å². The Hall–Kier alpha value is -1.41. The molecular formula is C11H17NO3.